The average Bonchev–Trinajstić information content (AvgIpc) is 2.83. The maximum Gasteiger partial charge on any atom is 0.340 e. The van der Waals surface area contributed by atoms with Crippen molar-refractivity contribution in [3.63, 3.8) is 0 Å². The Bertz CT molecular complexity index is 360. The molecule has 0 saturated heterocycles. The normalized spacial score (nSPS) is 20.6. The Morgan fingerprint density at radius 2 is 1.67 bits per heavy atom. The second-order valence-corrected chi connectivity index (χ2v) is 4.72. The lowest BCUT2D eigenvalue weighted by Crippen LogP contribution is -2.49. The molecule has 0 aromatic heterocycles. The minimum absolute atomic E-state index is 0. The summed E-state index contributed by atoms with van der Waals surface area (Å²) in [6.07, 6.45) is 1.98. The first-order valence-corrected chi connectivity index (χ1v) is 6.88. The number of nitrogens with two attached hydrogens (primary N) is 1. The van der Waals surface area contributed by atoms with Crippen LogP contribution < -0.4 is 11.1 Å². The highest BCUT2D eigenvalue weighted by molar-refractivity contribution is 6.02. The van der Waals surface area contributed by atoms with Gasteiger partial charge in [0.15, 0.2) is 0 Å². The molecule has 1 aliphatic rings. The molecule has 0 radical (unpaired) electrons. The number of hydrogen-bond acceptors (Lipinski definition) is 6. The maximum atomic E-state index is 12.0. The van der Waals surface area contributed by atoms with Crippen LogP contribution in [0.25, 0.3) is 0 Å². The van der Waals surface area contributed by atoms with Crippen molar-refractivity contribution < 1.29 is 23.9 Å². The highest BCUT2D eigenvalue weighted by Crippen LogP contribution is 2.24. The third kappa shape index (κ3) is 5.89. The Hall–Kier alpha value is -1.34. The largest absolute Gasteiger partial charge is 0.464 e. The van der Waals surface area contributed by atoms with Gasteiger partial charge in [-0.05, 0) is 33.1 Å². The van der Waals surface area contributed by atoms with E-state index in [1.807, 2.05) is 0 Å². The molecular weight excluding hydrogens is 300 g/mol. The zero-order valence-corrected chi connectivity index (χ0v) is 13.1. The van der Waals surface area contributed by atoms with Crippen LogP contribution >= 0.6 is 12.4 Å². The zero-order valence-electron chi connectivity index (χ0n) is 12.3. The molecule has 1 rings (SSSR count). The van der Waals surface area contributed by atoms with Crippen molar-refractivity contribution >= 4 is 30.3 Å². The molecule has 3 N–H and O–H groups in total. The van der Waals surface area contributed by atoms with Crippen LogP contribution in [0.1, 0.15) is 33.1 Å². The summed E-state index contributed by atoms with van der Waals surface area (Å²) < 4.78 is 9.55. The Balaban J connectivity index is 0.00000400. The number of esters is 2. The Morgan fingerprint density at radius 3 is 2.05 bits per heavy atom. The topological polar surface area (TPSA) is 108 Å². The van der Waals surface area contributed by atoms with Gasteiger partial charge in [-0.2, -0.15) is 0 Å². The van der Waals surface area contributed by atoms with Crippen molar-refractivity contribution in [1.82, 2.24) is 5.32 Å². The quantitative estimate of drug-likeness (QED) is 0.532. The molecule has 8 heteroatoms. The predicted molar refractivity (Wildman–Crippen MR) is 77.8 cm³/mol. The fraction of sp³-hybridized carbons (Fsp3) is 0.769. The van der Waals surface area contributed by atoms with Gasteiger partial charge in [0.1, 0.15) is 0 Å². The van der Waals surface area contributed by atoms with Crippen molar-refractivity contribution in [3.05, 3.63) is 0 Å². The molecule has 0 heterocycles. The van der Waals surface area contributed by atoms with E-state index in [4.69, 9.17) is 15.2 Å². The van der Waals surface area contributed by atoms with Crippen LogP contribution in [-0.2, 0) is 23.9 Å². The summed E-state index contributed by atoms with van der Waals surface area (Å²) in [4.78, 5) is 35.5. The molecule has 1 aliphatic carbocycles. The molecule has 0 aromatic rings. The Morgan fingerprint density at radius 1 is 1.14 bits per heavy atom. The van der Waals surface area contributed by atoms with E-state index in [2.05, 4.69) is 5.32 Å². The van der Waals surface area contributed by atoms with Gasteiger partial charge >= 0.3 is 11.9 Å². The second kappa shape index (κ2) is 9.57. The van der Waals surface area contributed by atoms with E-state index in [1.165, 1.54) is 0 Å². The van der Waals surface area contributed by atoms with Crippen LogP contribution in [0.3, 0.4) is 0 Å². The standard InChI is InChI=1S/C13H22N2O5.ClH/c1-3-19-12(17)10(13(18)20-4-2)15-11(16)8-5-6-9(14)7-8;/h8-10H,3-7,14H2,1-2H3,(H,15,16);1H. The summed E-state index contributed by atoms with van der Waals surface area (Å²) >= 11 is 0. The molecule has 122 valence electrons. The van der Waals surface area contributed by atoms with Gasteiger partial charge in [-0.1, -0.05) is 0 Å². The van der Waals surface area contributed by atoms with Gasteiger partial charge in [0.05, 0.1) is 13.2 Å². The first kappa shape index (κ1) is 19.7. The van der Waals surface area contributed by atoms with E-state index in [0.717, 1.165) is 6.42 Å². The number of halogens is 1. The zero-order chi connectivity index (χ0) is 15.1. The van der Waals surface area contributed by atoms with Crippen LogP contribution in [0.2, 0.25) is 0 Å². The molecule has 1 amide bonds. The number of hydrogen-bond donors (Lipinski definition) is 2. The minimum Gasteiger partial charge on any atom is -0.464 e. The maximum absolute atomic E-state index is 12.0. The summed E-state index contributed by atoms with van der Waals surface area (Å²) in [6, 6.07) is -1.41. The third-order valence-corrected chi connectivity index (χ3v) is 3.18. The average molecular weight is 323 g/mol. The molecular formula is C13H23ClN2O5. The van der Waals surface area contributed by atoms with Crippen LogP contribution in [0.5, 0.6) is 0 Å². The molecule has 1 saturated carbocycles. The van der Waals surface area contributed by atoms with Crippen LogP contribution in [0.4, 0.5) is 0 Å². The van der Waals surface area contributed by atoms with Crippen molar-refractivity contribution in [2.24, 2.45) is 11.7 Å². The van der Waals surface area contributed by atoms with E-state index < -0.39 is 18.0 Å². The number of nitrogens with one attached hydrogen (secondary N) is 1. The lowest BCUT2D eigenvalue weighted by molar-refractivity contribution is -0.160. The van der Waals surface area contributed by atoms with Gasteiger partial charge in [-0.3, -0.25) is 4.79 Å². The molecule has 0 bridgehead atoms. The van der Waals surface area contributed by atoms with Crippen molar-refractivity contribution in [3.8, 4) is 0 Å². The number of carbonyl (C=O) groups excluding carboxylic acids is 3. The highest BCUT2D eigenvalue weighted by atomic mass is 35.5. The van der Waals surface area contributed by atoms with Crippen molar-refractivity contribution in [1.29, 1.82) is 0 Å². The second-order valence-electron chi connectivity index (χ2n) is 4.72. The van der Waals surface area contributed by atoms with Crippen LogP contribution in [0, 0.1) is 5.92 Å². The molecule has 2 unspecified atom stereocenters. The molecule has 2 atom stereocenters. The van der Waals surface area contributed by atoms with E-state index in [0.29, 0.717) is 12.8 Å². The molecule has 0 aromatic carbocycles. The SMILES string of the molecule is CCOC(=O)C(NC(=O)C1CCC(N)C1)C(=O)OCC.Cl. The lowest BCUT2D eigenvalue weighted by atomic mass is 10.1. The summed E-state index contributed by atoms with van der Waals surface area (Å²) in [6.45, 7) is 3.49. The number of rotatable bonds is 6. The summed E-state index contributed by atoms with van der Waals surface area (Å²) in [5, 5.41) is 2.41. The molecule has 21 heavy (non-hydrogen) atoms. The smallest absolute Gasteiger partial charge is 0.340 e. The first-order valence-electron chi connectivity index (χ1n) is 6.88. The van der Waals surface area contributed by atoms with Crippen LogP contribution in [-0.4, -0.2) is 43.1 Å². The van der Waals surface area contributed by atoms with Crippen molar-refractivity contribution in [2.45, 2.75) is 45.2 Å². The van der Waals surface area contributed by atoms with Gasteiger partial charge in [0.2, 0.25) is 11.9 Å². The van der Waals surface area contributed by atoms with E-state index in [9.17, 15) is 14.4 Å². The molecule has 1 fully saturated rings. The van der Waals surface area contributed by atoms with Gasteiger partial charge in [0.25, 0.3) is 0 Å². The van der Waals surface area contributed by atoms with E-state index >= 15 is 0 Å². The van der Waals surface area contributed by atoms with Gasteiger partial charge in [-0.25, -0.2) is 9.59 Å². The first-order chi connectivity index (χ1) is 9.49. The van der Waals surface area contributed by atoms with Gasteiger partial charge in [-0.15, -0.1) is 12.4 Å². The fourth-order valence-electron chi connectivity index (χ4n) is 2.18. The number of carbonyl (C=O) groups is 3. The number of amides is 1. The summed E-state index contributed by atoms with van der Waals surface area (Å²) in [5.41, 5.74) is 5.75. The molecule has 0 aliphatic heterocycles. The monoisotopic (exact) mass is 322 g/mol. The summed E-state index contributed by atoms with van der Waals surface area (Å²) in [7, 11) is 0. The van der Waals surface area contributed by atoms with E-state index in [-0.39, 0.29) is 43.5 Å². The predicted octanol–water partition coefficient (Wildman–Crippen LogP) is 0.147. The number of ether oxygens (including phenoxy) is 2. The van der Waals surface area contributed by atoms with Gasteiger partial charge in [0, 0.05) is 12.0 Å². The third-order valence-electron chi connectivity index (χ3n) is 3.18. The summed E-state index contributed by atoms with van der Waals surface area (Å²) in [5.74, 6) is -2.23. The Kier molecular flexibility index (Phi) is 8.96. The Labute approximate surface area is 130 Å². The fourth-order valence-corrected chi connectivity index (χ4v) is 2.18. The van der Waals surface area contributed by atoms with E-state index in [1.54, 1.807) is 13.8 Å². The highest BCUT2D eigenvalue weighted by Gasteiger charge is 2.35. The minimum atomic E-state index is -1.40. The molecule has 0 spiro atoms. The van der Waals surface area contributed by atoms with Crippen molar-refractivity contribution in [2.75, 3.05) is 13.2 Å². The van der Waals surface area contributed by atoms with Crippen LogP contribution in [0.15, 0.2) is 0 Å². The molecule has 7 nitrogen and oxygen atoms in total. The lowest BCUT2D eigenvalue weighted by Gasteiger charge is -2.18. The van der Waals surface area contributed by atoms with Gasteiger partial charge < -0.3 is 20.5 Å².